The van der Waals surface area contributed by atoms with Gasteiger partial charge in [-0.25, -0.2) is 0 Å². The van der Waals surface area contributed by atoms with Crippen LogP contribution >= 0.6 is 11.6 Å². The summed E-state index contributed by atoms with van der Waals surface area (Å²) in [5, 5.41) is 21.0. The van der Waals surface area contributed by atoms with Crippen LogP contribution in [-0.4, -0.2) is 10.2 Å². The Bertz CT molecular complexity index is 795. The van der Waals surface area contributed by atoms with Crippen LogP contribution in [0.4, 0.5) is 5.82 Å². The lowest BCUT2D eigenvalue weighted by Crippen LogP contribution is -2.26. The average molecular weight is 311 g/mol. The second kappa shape index (κ2) is 5.19. The summed E-state index contributed by atoms with van der Waals surface area (Å²) in [6.45, 7) is 0. The van der Waals surface area contributed by atoms with Crippen molar-refractivity contribution in [1.29, 1.82) is 5.26 Å². The molecule has 0 spiro atoms. The number of allylic oxidation sites excluding steroid dienone is 2. The first-order valence-electron chi connectivity index (χ1n) is 7.48. The number of aromatic nitrogens is 2. The van der Waals surface area contributed by atoms with E-state index in [4.69, 9.17) is 11.6 Å². The minimum Gasteiger partial charge on any atom is -0.343 e. The number of H-pyrrole nitrogens is 1. The maximum atomic E-state index is 9.79. The van der Waals surface area contributed by atoms with Crippen molar-refractivity contribution in [3.05, 3.63) is 57.9 Å². The van der Waals surface area contributed by atoms with Crippen LogP contribution in [0.3, 0.4) is 0 Å². The van der Waals surface area contributed by atoms with E-state index >= 15 is 0 Å². The van der Waals surface area contributed by atoms with Crippen LogP contribution in [0.1, 0.15) is 36.3 Å². The molecule has 1 aliphatic carbocycles. The van der Waals surface area contributed by atoms with Gasteiger partial charge in [-0.3, -0.25) is 5.10 Å². The molecule has 0 saturated heterocycles. The maximum absolute atomic E-state index is 9.79. The fraction of sp³-hybridized carbons (Fsp3) is 0.294. The number of nitriles is 1. The van der Waals surface area contributed by atoms with Gasteiger partial charge in [-0.15, -0.1) is 0 Å². The number of nitrogens with one attached hydrogen (secondary N) is 2. The lowest BCUT2D eigenvalue weighted by Gasteiger charge is -2.35. The molecule has 0 amide bonds. The molecule has 22 heavy (non-hydrogen) atoms. The second-order valence-electron chi connectivity index (χ2n) is 5.85. The molecule has 1 unspecified atom stereocenters. The summed E-state index contributed by atoms with van der Waals surface area (Å²) in [4.78, 5) is 0. The predicted molar refractivity (Wildman–Crippen MR) is 85.5 cm³/mol. The molecule has 1 saturated carbocycles. The molecule has 1 fully saturated rings. The molecule has 1 atom stereocenters. The van der Waals surface area contributed by atoms with Crippen molar-refractivity contribution in [3.8, 4) is 6.07 Å². The fourth-order valence-electron chi connectivity index (χ4n) is 3.30. The van der Waals surface area contributed by atoms with Crippen LogP contribution < -0.4 is 5.32 Å². The number of hydrogen-bond acceptors (Lipinski definition) is 3. The van der Waals surface area contributed by atoms with E-state index in [9.17, 15) is 5.26 Å². The summed E-state index contributed by atoms with van der Waals surface area (Å²) in [7, 11) is 0. The smallest absolute Gasteiger partial charge is 0.129 e. The van der Waals surface area contributed by atoms with Crippen molar-refractivity contribution in [2.24, 2.45) is 5.92 Å². The van der Waals surface area contributed by atoms with Crippen molar-refractivity contribution in [1.82, 2.24) is 10.2 Å². The molecule has 5 heteroatoms. The van der Waals surface area contributed by atoms with Gasteiger partial charge in [0, 0.05) is 22.2 Å². The summed E-state index contributed by atoms with van der Waals surface area (Å²) in [6, 6.07) is 10.2. The number of aromatic amines is 1. The summed E-state index contributed by atoms with van der Waals surface area (Å²) >= 11 is 6.41. The Balaban J connectivity index is 1.92. The molecule has 4 nitrogen and oxygen atoms in total. The van der Waals surface area contributed by atoms with Gasteiger partial charge in [-0.1, -0.05) is 36.2 Å². The lowest BCUT2D eigenvalue weighted by molar-refractivity contribution is 0.366. The highest BCUT2D eigenvalue weighted by atomic mass is 35.5. The average Bonchev–Trinajstić information content (AvgIpc) is 2.93. The van der Waals surface area contributed by atoms with E-state index in [1.165, 1.54) is 6.42 Å². The Kier molecular flexibility index (Phi) is 3.16. The van der Waals surface area contributed by atoms with E-state index in [1.54, 1.807) is 6.20 Å². The number of halogens is 1. The van der Waals surface area contributed by atoms with Crippen molar-refractivity contribution in [2.45, 2.75) is 25.2 Å². The molecule has 2 N–H and O–H groups in total. The highest BCUT2D eigenvalue weighted by molar-refractivity contribution is 6.31. The van der Waals surface area contributed by atoms with Crippen LogP contribution in [0.5, 0.6) is 0 Å². The standard InChI is InChI=1S/C17H15ClN4/c18-14-7-2-1-6-11(14)15-12(8-19)16(10-4-3-5-10)21-17-13(15)9-20-22-17/h1-2,6-7,9-10,15H,3-5H2,(H2,20,21,22). The Morgan fingerprint density at radius 2 is 2.05 bits per heavy atom. The Hall–Kier alpha value is -2.25. The van der Waals surface area contributed by atoms with Gasteiger partial charge in [0.05, 0.1) is 23.8 Å². The number of hydrogen-bond donors (Lipinski definition) is 2. The zero-order valence-corrected chi connectivity index (χ0v) is 12.7. The number of benzene rings is 1. The van der Waals surface area contributed by atoms with E-state index in [2.05, 4.69) is 21.6 Å². The van der Waals surface area contributed by atoms with Gasteiger partial charge in [0.25, 0.3) is 0 Å². The molecular weight excluding hydrogens is 296 g/mol. The first kappa shape index (κ1) is 13.4. The van der Waals surface area contributed by atoms with Gasteiger partial charge in [-0.2, -0.15) is 10.4 Å². The van der Waals surface area contributed by atoms with Gasteiger partial charge in [0.2, 0.25) is 0 Å². The minimum absolute atomic E-state index is 0.149. The van der Waals surface area contributed by atoms with Crippen molar-refractivity contribution >= 4 is 17.4 Å². The summed E-state index contributed by atoms with van der Waals surface area (Å²) in [5.41, 5.74) is 3.75. The van der Waals surface area contributed by atoms with E-state index in [0.29, 0.717) is 10.9 Å². The van der Waals surface area contributed by atoms with E-state index in [-0.39, 0.29) is 5.92 Å². The Labute approximate surface area is 133 Å². The predicted octanol–water partition coefficient (Wildman–Crippen LogP) is 4.20. The van der Waals surface area contributed by atoms with Crippen molar-refractivity contribution < 1.29 is 0 Å². The molecular formula is C17H15ClN4. The molecule has 4 rings (SSSR count). The summed E-state index contributed by atoms with van der Waals surface area (Å²) in [6.07, 6.45) is 5.27. The van der Waals surface area contributed by atoms with Gasteiger partial charge in [0.1, 0.15) is 5.82 Å². The zero-order chi connectivity index (χ0) is 15.1. The quantitative estimate of drug-likeness (QED) is 0.873. The molecule has 2 aromatic rings. The van der Waals surface area contributed by atoms with Crippen LogP contribution in [0.2, 0.25) is 5.02 Å². The molecule has 1 aromatic heterocycles. The molecule has 0 radical (unpaired) electrons. The molecule has 1 aromatic carbocycles. The molecule has 2 aliphatic rings. The number of anilines is 1. The number of rotatable bonds is 2. The van der Waals surface area contributed by atoms with Crippen molar-refractivity contribution in [3.63, 3.8) is 0 Å². The first-order valence-corrected chi connectivity index (χ1v) is 7.86. The highest BCUT2D eigenvalue weighted by Crippen LogP contribution is 2.47. The topological polar surface area (TPSA) is 64.5 Å². The first-order chi connectivity index (χ1) is 10.8. The number of nitrogens with zero attached hydrogens (tertiary/aromatic N) is 2. The zero-order valence-electron chi connectivity index (χ0n) is 11.9. The maximum Gasteiger partial charge on any atom is 0.129 e. The van der Waals surface area contributed by atoms with E-state index in [1.807, 2.05) is 24.3 Å². The molecule has 110 valence electrons. The van der Waals surface area contributed by atoms with Crippen LogP contribution in [0.25, 0.3) is 0 Å². The second-order valence-corrected chi connectivity index (χ2v) is 6.25. The monoisotopic (exact) mass is 310 g/mol. The Morgan fingerprint density at radius 3 is 2.73 bits per heavy atom. The third-order valence-corrected chi connectivity index (χ3v) is 5.01. The van der Waals surface area contributed by atoms with Crippen LogP contribution in [0.15, 0.2) is 41.7 Å². The normalized spacial score (nSPS) is 20.8. The SMILES string of the molecule is N#CC1=C(C2CCC2)Nc2[nH]ncc2C1c1ccccc1Cl. The molecule has 0 bridgehead atoms. The van der Waals surface area contributed by atoms with Crippen molar-refractivity contribution in [2.75, 3.05) is 5.32 Å². The van der Waals surface area contributed by atoms with E-state index < -0.39 is 0 Å². The lowest BCUT2D eigenvalue weighted by atomic mass is 9.75. The van der Waals surface area contributed by atoms with Gasteiger partial charge < -0.3 is 5.32 Å². The van der Waals surface area contributed by atoms with Gasteiger partial charge in [0.15, 0.2) is 0 Å². The molecule has 1 aliphatic heterocycles. The van der Waals surface area contributed by atoms with E-state index in [0.717, 1.165) is 41.1 Å². The van der Waals surface area contributed by atoms with Gasteiger partial charge in [-0.05, 0) is 24.5 Å². The number of fused-ring (bicyclic) bond motifs is 1. The third-order valence-electron chi connectivity index (χ3n) is 4.67. The largest absolute Gasteiger partial charge is 0.343 e. The van der Waals surface area contributed by atoms with Crippen LogP contribution in [-0.2, 0) is 0 Å². The van der Waals surface area contributed by atoms with Crippen LogP contribution in [0, 0.1) is 17.2 Å². The van der Waals surface area contributed by atoms with Gasteiger partial charge >= 0.3 is 0 Å². The highest BCUT2D eigenvalue weighted by Gasteiger charge is 2.36. The fourth-order valence-corrected chi connectivity index (χ4v) is 3.55. The summed E-state index contributed by atoms with van der Waals surface area (Å²) < 4.78 is 0. The molecule has 2 heterocycles. The summed E-state index contributed by atoms with van der Waals surface area (Å²) in [5.74, 6) is 1.17. The minimum atomic E-state index is -0.149. The Morgan fingerprint density at radius 1 is 1.23 bits per heavy atom. The third kappa shape index (κ3) is 1.93.